The van der Waals surface area contributed by atoms with Gasteiger partial charge in [0.05, 0.1) is 12.2 Å². The quantitative estimate of drug-likeness (QED) is 0.621. The van der Waals surface area contributed by atoms with Crippen LogP contribution in [0.1, 0.15) is 5.56 Å². The molecule has 0 N–H and O–H groups in total. The van der Waals surface area contributed by atoms with E-state index in [-0.39, 0.29) is 0 Å². The lowest BCUT2D eigenvalue weighted by atomic mass is 10.3. The largest absolute Gasteiger partial charge is 0.492 e. The van der Waals surface area contributed by atoms with Crippen LogP contribution in [0.5, 0.6) is 17.2 Å². The molecule has 1 fully saturated rings. The van der Waals surface area contributed by atoms with E-state index in [2.05, 4.69) is 21.2 Å². The van der Waals surface area contributed by atoms with Crippen molar-refractivity contribution >= 4 is 0 Å². The summed E-state index contributed by atoms with van der Waals surface area (Å²) >= 11 is 0. The van der Waals surface area contributed by atoms with Crippen molar-refractivity contribution in [3.63, 3.8) is 0 Å². The lowest BCUT2D eigenvalue weighted by Gasteiger charge is -2.08. The molecule has 3 aromatic rings. The van der Waals surface area contributed by atoms with E-state index >= 15 is 0 Å². The molecule has 1 saturated heterocycles. The van der Waals surface area contributed by atoms with Crippen molar-refractivity contribution in [1.29, 1.82) is 0 Å². The van der Waals surface area contributed by atoms with Crippen LogP contribution in [0.4, 0.5) is 0 Å². The monoisotopic (exact) mass is 336 g/mol. The number of pyridine rings is 1. The molecule has 25 heavy (non-hydrogen) atoms. The highest BCUT2D eigenvalue weighted by molar-refractivity contribution is 5.34. The highest BCUT2D eigenvalue weighted by Gasteiger charge is 2.34. The fraction of sp³-hybridized carbons (Fsp3) is 0.263. The highest BCUT2D eigenvalue weighted by Crippen LogP contribution is 2.25. The lowest BCUT2D eigenvalue weighted by molar-refractivity contribution is 0.292. The first-order valence-corrected chi connectivity index (χ1v) is 8.28. The van der Waals surface area contributed by atoms with Crippen LogP contribution < -0.4 is 9.47 Å². The zero-order chi connectivity index (χ0) is 17.1. The molecule has 0 bridgehead atoms. The van der Waals surface area contributed by atoms with Crippen molar-refractivity contribution in [3.05, 3.63) is 66.7 Å². The molecule has 1 aromatic carbocycles. The normalized spacial score (nSPS) is 18.8. The predicted molar refractivity (Wildman–Crippen MR) is 93.7 cm³/mol. The molecule has 6 heteroatoms. The summed E-state index contributed by atoms with van der Waals surface area (Å²) in [7, 11) is 1.94. The Bertz CT molecular complexity index is 817. The van der Waals surface area contributed by atoms with Crippen molar-refractivity contribution in [2.24, 2.45) is 7.05 Å². The van der Waals surface area contributed by atoms with Crippen LogP contribution in [0.15, 0.2) is 61.2 Å². The lowest BCUT2D eigenvalue weighted by Crippen LogP contribution is -2.10. The van der Waals surface area contributed by atoms with Gasteiger partial charge >= 0.3 is 0 Å². The first kappa shape index (κ1) is 15.7. The third kappa shape index (κ3) is 4.16. The van der Waals surface area contributed by atoms with Gasteiger partial charge in [-0.05, 0) is 36.4 Å². The Morgan fingerprint density at radius 3 is 2.48 bits per heavy atom. The summed E-state index contributed by atoms with van der Waals surface area (Å²) in [5.74, 6) is 2.41. The first-order chi connectivity index (χ1) is 12.3. The van der Waals surface area contributed by atoms with Gasteiger partial charge in [-0.15, -0.1) is 0 Å². The first-order valence-electron chi connectivity index (χ1n) is 8.28. The minimum absolute atomic E-state index is 0.480. The number of rotatable bonds is 7. The Hall–Kier alpha value is -2.86. The second kappa shape index (κ2) is 6.94. The van der Waals surface area contributed by atoms with Crippen LogP contribution in [0.25, 0.3) is 0 Å². The molecule has 6 nitrogen and oxygen atoms in total. The summed E-state index contributed by atoms with van der Waals surface area (Å²) in [6.07, 6.45) is 7.38. The van der Waals surface area contributed by atoms with Crippen LogP contribution in [0.3, 0.4) is 0 Å². The van der Waals surface area contributed by atoms with E-state index in [4.69, 9.17) is 9.47 Å². The van der Waals surface area contributed by atoms with E-state index in [9.17, 15) is 0 Å². The summed E-state index contributed by atoms with van der Waals surface area (Å²) < 4.78 is 13.5. The molecule has 3 heterocycles. The molecule has 1 aliphatic heterocycles. The Kier molecular flexibility index (Phi) is 4.35. The Labute approximate surface area is 146 Å². The number of aromatic nitrogens is 3. The van der Waals surface area contributed by atoms with Crippen molar-refractivity contribution in [1.82, 2.24) is 19.7 Å². The Balaban J connectivity index is 1.24. The van der Waals surface area contributed by atoms with E-state index in [1.807, 2.05) is 54.3 Å². The van der Waals surface area contributed by atoms with E-state index in [0.717, 1.165) is 30.3 Å². The van der Waals surface area contributed by atoms with Crippen molar-refractivity contribution in [3.8, 4) is 17.2 Å². The smallest absolute Gasteiger partial charge is 0.130 e. The highest BCUT2D eigenvalue weighted by atomic mass is 16.5. The summed E-state index contributed by atoms with van der Waals surface area (Å²) in [5, 5.41) is 4.20. The second-order valence-corrected chi connectivity index (χ2v) is 6.17. The van der Waals surface area contributed by atoms with Crippen LogP contribution in [0, 0.1) is 0 Å². The van der Waals surface area contributed by atoms with Gasteiger partial charge in [-0.1, -0.05) is 0 Å². The van der Waals surface area contributed by atoms with E-state index in [1.165, 1.54) is 5.56 Å². The van der Waals surface area contributed by atoms with Crippen LogP contribution in [0.2, 0.25) is 0 Å². The fourth-order valence-electron chi connectivity index (χ4n) is 2.70. The van der Waals surface area contributed by atoms with Crippen molar-refractivity contribution in [2.45, 2.75) is 12.6 Å². The average Bonchev–Trinajstić information content (AvgIpc) is 3.24. The van der Waals surface area contributed by atoms with Gasteiger partial charge in [0.15, 0.2) is 0 Å². The zero-order valence-electron chi connectivity index (χ0n) is 14.1. The minimum atomic E-state index is 0.480. The van der Waals surface area contributed by atoms with Crippen LogP contribution in [-0.2, 0) is 13.6 Å². The number of nitrogens with zero attached hydrogens (tertiary/aromatic N) is 4. The summed E-state index contributed by atoms with van der Waals surface area (Å²) in [6.45, 7) is 2.70. The van der Waals surface area contributed by atoms with Gasteiger partial charge in [-0.3, -0.25) is 14.6 Å². The van der Waals surface area contributed by atoms with Gasteiger partial charge in [0, 0.05) is 44.3 Å². The zero-order valence-corrected chi connectivity index (χ0v) is 14.1. The standard InChI is InChI=1S/C19H20N4O2/c1-22-11-15(10-21-22)12-23-13-16(23)14-24-17-2-4-18(5-3-17)25-19-6-8-20-9-7-19/h2-11,16H,12-14H2,1H3. The van der Waals surface area contributed by atoms with E-state index < -0.39 is 0 Å². The molecular formula is C19H20N4O2. The van der Waals surface area contributed by atoms with Crippen LogP contribution >= 0.6 is 0 Å². The molecule has 1 aliphatic rings. The third-order valence-corrected chi connectivity index (χ3v) is 4.12. The molecule has 0 spiro atoms. The van der Waals surface area contributed by atoms with Gasteiger partial charge in [-0.2, -0.15) is 5.10 Å². The maximum Gasteiger partial charge on any atom is 0.130 e. The fourth-order valence-corrected chi connectivity index (χ4v) is 2.70. The molecule has 4 rings (SSSR count). The molecular weight excluding hydrogens is 316 g/mol. The molecule has 0 radical (unpaired) electrons. The topological polar surface area (TPSA) is 52.2 Å². The van der Waals surface area contributed by atoms with Gasteiger partial charge in [0.2, 0.25) is 0 Å². The minimum Gasteiger partial charge on any atom is -0.492 e. The maximum atomic E-state index is 5.88. The van der Waals surface area contributed by atoms with Crippen molar-refractivity contribution in [2.75, 3.05) is 13.2 Å². The van der Waals surface area contributed by atoms with Gasteiger partial charge in [0.1, 0.15) is 23.9 Å². The van der Waals surface area contributed by atoms with E-state index in [0.29, 0.717) is 12.6 Å². The van der Waals surface area contributed by atoms with Crippen LogP contribution in [-0.4, -0.2) is 38.9 Å². The Morgan fingerprint density at radius 1 is 1.04 bits per heavy atom. The summed E-state index contributed by atoms with van der Waals surface area (Å²) in [4.78, 5) is 6.35. The molecule has 2 aromatic heterocycles. The number of aryl methyl sites for hydroxylation is 1. The molecule has 2 unspecified atom stereocenters. The number of hydrogen-bond acceptors (Lipinski definition) is 5. The van der Waals surface area contributed by atoms with E-state index in [1.54, 1.807) is 12.4 Å². The van der Waals surface area contributed by atoms with Crippen molar-refractivity contribution < 1.29 is 9.47 Å². The maximum absolute atomic E-state index is 5.88. The Morgan fingerprint density at radius 2 is 1.76 bits per heavy atom. The van der Waals surface area contributed by atoms with Gasteiger partial charge in [0.25, 0.3) is 0 Å². The SMILES string of the molecule is Cn1cc(CN2CC2COc2ccc(Oc3ccncc3)cc2)cn1. The number of hydrogen-bond donors (Lipinski definition) is 0. The number of ether oxygens (including phenoxy) is 2. The average molecular weight is 336 g/mol. The van der Waals surface area contributed by atoms with Gasteiger partial charge < -0.3 is 9.47 Å². The summed E-state index contributed by atoms with van der Waals surface area (Å²) in [6, 6.07) is 11.8. The predicted octanol–water partition coefficient (Wildman–Crippen LogP) is 2.87. The number of benzene rings is 1. The molecule has 0 saturated carbocycles. The molecule has 128 valence electrons. The summed E-state index contributed by atoms with van der Waals surface area (Å²) in [5.41, 5.74) is 1.24. The molecule has 0 amide bonds. The third-order valence-electron chi connectivity index (χ3n) is 4.12. The molecule has 2 atom stereocenters. The van der Waals surface area contributed by atoms with Gasteiger partial charge in [-0.25, -0.2) is 0 Å². The second-order valence-electron chi connectivity index (χ2n) is 6.17. The molecule has 0 aliphatic carbocycles.